The van der Waals surface area contributed by atoms with E-state index in [4.69, 9.17) is 11.6 Å². The number of pyridine rings is 1. The Morgan fingerprint density at radius 1 is 1.18 bits per heavy atom. The molecule has 0 aliphatic heterocycles. The Morgan fingerprint density at radius 3 is 2.61 bits per heavy atom. The minimum absolute atomic E-state index is 0.254. The van der Waals surface area contributed by atoms with Crippen molar-refractivity contribution in [1.82, 2.24) is 14.8 Å². The van der Waals surface area contributed by atoms with Gasteiger partial charge in [0, 0.05) is 10.7 Å². The fourth-order valence-electron chi connectivity index (χ4n) is 2.94. The zero-order valence-electron chi connectivity index (χ0n) is 14.7. The molecule has 4 aromatic rings. The van der Waals surface area contributed by atoms with E-state index in [1.54, 1.807) is 36.4 Å². The fourth-order valence-corrected chi connectivity index (χ4v) is 3.07. The highest BCUT2D eigenvalue weighted by molar-refractivity contribution is 6.30. The van der Waals surface area contributed by atoms with Crippen LogP contribution in [0.4, 0.5) is 5.69 Å². The number of para-hydroxylation sites is 1. The summed E-state index contributed by atoms with van der Waals surface area (Å²) >= 11 is 5.90. The van der Waals surface area contributed by atoms with Crippen molar-refractivity contribution in [2.45, 2.75) is 6.92 Å². The third-order valence-corrected chi connectivity index (χ3v) is 4.66. The van der Waals surface area contributed by atoms with Crippen LogP contribution >= 0.6 is 11.6 Å². The number of anilines is 1. The van der Waals surface area contributed by atoms with Crippen LogP contribution in [0.3, 0.4) is 0 Å². The summed E-state index contributed by atoms with van der Waals surface area (Å²) in [6.45, 7) is 1.83. The van der Waals surface area contributed by atoms with Gasteiger partial charge < -0.3 is 15.4 Å². The monoisotopic (exact) mass is 394 g/mol. The first kappa shape index (κ1) is 17.8. The van der Waals surface area contributed by atoms with Crippen molar-refractivity contribution in [1.29, 1.82) is 0 Å². The number of aryl methyl sites for hydroxylation is 1. The molecule has 8 heteroatoms. The van der Waals surface area contributed by atoms with Crippen LogP contribution in [0.2, 0.25) is 5.02 Å². The summed E-state index contributed by atoms with van der Waals surface area (Å²) in [6, 6.07) is 14.0. The van der Waals surface area contributed by atoms with E-state index in [1.165, 1.54) is 10.9 Å². The largest absolute Gasteiger partial charge is 0.506 e. The molecule has 4 rings (SSSR count). The zero-order valence-corrected chi connectivity index (χ0v) is 15.5. The second kappa shape index (κ2) is 6.86. The number of H-pyrrole nitrogens is 1. The van der Waals surface area contributed by atoms with Crippen LogP contribution in [0.25, 0.3) is 16.7 Å². The maximum absolute atomic E-state index is 12.6. The van der Waals surface area contributed by atoms with Crippen LogP contribution in [0, 0.1) is 6.92 Å². The van der Waals surface area contributed by atoms with Crippen LogP contribution in [0.5, 0.6) is 5.75 Å². The Bertz CT molecular complexity index is 1260. The van der Waals surface area contributed by atoms with E-state index in [2.05, 4.69) is 15.4 Å². The van der Waals surface area contributed by atoms with Gasteiger partial charge >= 0.3 is 0 Å². The molecule has 0 saturated heterocycles. The average Bonchev–Trinajstić information content (AvgIpc) is 3.08. The van der Waals surface area contributed by atoms with Crippen molar-refractivity contribution >= 4 is 34.2 Å². The number of aromatic amines is 1. The van der Waals surface area contributed by atoms with Crippen LogP contribution in [0.15, 0.2) is 59.5 Å². The Hall–Kier alpha value is -3.58. The van der Waals surface area contributed by atoms with Crippen LogP contribution in [0.1, 0.15) is 15.9 Å². The molecule has 1 amide bonds. The maximum atomic E-state index is 12.6. The summed E-state index contributed by atoms with van der Waals surface area (Å²) in [7, 11) is 0. The second-order valence-corrected chi connectivity index (χ2v) is 6.68. The molecule has 2 heterocycles. The highest BCUT2D eigenvalue weighted by Crippen LogP contribution is 2.27. The van der Waals surface area contributed by atoms with Gasteiger partial charge in [0.05, 0.1) is 17.3 Å². The molecule has 0 bridgehead atoms. The normalized spacial score (nSPS) is 10.9. The van der Waals surface area contributed by atoms with E-state index in [1.807, 2.05) is 19.1 Å². The van der Waals surface area contributed by atoms with Gasteiger partial charge in [-0.2, -0.15) is 5.10 Å². The number of amides is 1. The number of aromatic hydroxyl groups is 1. The van der Waals surface area contributed by atoms with Crippen LogP contribution < -0.4 is 10.9 Å². The minimum atomic E-state index is -0.716. The van der Waals surface area contributed by atoms with E-state index in [0.717, 1.165) is 5.56 Å². The summed E-state index contributed by atoms with van der Waals surface area (Å²) in [5.41, 5.74) is 1.23. The molecule has 0 unspecified atom stereocenters. The minimum Gasteiger partial charge on any atom is -0.506 e. The number of carbonyl (C=O) groups is 1. The predicted molar refractivity (Wildman–Crippen MR) is 107 cm³/mol. The van der Waals surface area contributed by atoms with Crippen LogP contribution in [-0.2, 0) is 0 Å². The van der Waals surface area contributed by atoms with Gasteiger partial charge in [-0.25, -0.2) is 4.68 Å². The van der Waals surface area contributed by atoms with Crippen molar-refractivity contribution in [3.63, 3.8) is 0 Å². The number of halogens is 1. The summed E-state index contributed by atoms with van der Waals surface area (Å²) in [6.07, 6.45) is 1.39. The molecule has 3 N–H and O–H groups in total. The number of fused-ring (bicyclic) bond motifs is 1. The Balaban J connectivity index is 1.79. The van der Waals surface area contributed by atoms with Gasteiger partial charge in [-0.15, -0.1) is 0 Å². The first-order valence-electron chi connectivity index (χ1n) is 8.41. The second-order valence-electron chi connectivity index (χ2n) is 6.24. The number of benzene rings is 2. The van der Waals surface area contributed by atoms with Gasteiger partial charge in [-0.05, 0) is 42.8 Å². The molecule has 0 saturated carbocycles. The number of nitrogens with zero attached hydrogens (tertiary/aromatic N) is 2. The molecular formula is C20H15ClN4O3. The quantitative estimate of drug-likeness (QED) is 0.494. The third-order valence-electron chi connectivity index (χ3n) is 4.41. The van der Waals surface area contributed by atoms with Gasteiger partial charge in [0.25, 0.3) is 11.5 Å². The summed E-state index contributed by atoms with van der Waals surface area (Å²) < 4.78 is 1.45. The SMILES string of the molecule is Cc1ccccc1NC(=O)c1c(O)c2cnn(-c3ccc(Cl)cc3)c2[nH]c1=O. The lowest BCUT2D eigenvalue weighted by Crippen LogP contribution is -2.24. The lowest BCUT2D eigenvalue weighted by molar-refractivity contribution is 0.102. The standard InChI is InChI=1S/C20H15ClN4O3/c1-11-4-2-3-5-15(11)23-19(27)16-17(26)14-10-22-25(18(14)24-20(16)28)13-8-6-12(21)7-9-13/h2-10H,1H3,(H,23,27)(H2,24,26,28). The fraction of sp³-hybridized carbons (Fsp3) is 0.0500. The number of rotatable bonds is 3. The molecule has 2 aromatic heterocycles. The predicted octanol–water partition coefficient (Wildman–Crippen LogP) is 3.63. The van der Waals surface area contributed by atoms with Crippen molar-refractivity contribution in [3.05, 3.63) is 81.2 Å². The van der Waals surface area contributed by atoms with E-state index in [-0.39, 0.29) is 16.6 Å². The highest BCUT2D eigenvalue weighted by Gasteiger charge is 2.22. The molecule has 140 valence electrons. The Labute approximate surface area is 164 Å². The molecular weight excluding hydrogens is 380 g/mol. The molecule has 0 aliphatic rings. The lowest BCUT2D eigenvalue weighted by Gasteiger charge is -2.09. The van der Waals surface area contributed by atoms with E-state index >= 15 is 0 Å². The number of hydrogen-bond acceptors (Lipinski definition) is 4. The van der Waals surface area contributed by atoms with Crippen molar-refractivity contribution < 1.29 is 9.90 Å². The smallest absolute Gasteiger partial charge is 0.266 e. The third kappa shape index (κ3) is 3.01. The number of carbonyl (C=O) groups excluding carboxylic acids is 1. The Kier molecular flexibility index (Phi) is 4.37. The van der Waals surface area contributed by atoms with Gasteiger partial charge in [0.1, 0.15) is 17.0 Å². The average molecular weight is 395 g/mol. The molecule has 7 nitrogen and oxygen atoms in total. The summed E-state index contributed by atoms with van der Waals surface area (Å²) in [4.78, 5) is 27.8. The molecule has 0 fully saturated rings. The summed E-state index contributed by atoms with van der Waals surface area (Å²) in [5.74, 6) is -1.13. The number of hydrogen-bond donors (Lipinski definition) is 3. The van der Waals surface area contributed by atoms with E-state index < -0.39 is 17.2 Å². The van der Waals surface area contributed by atoms with Gasteiger partial charge in [0.2, 0.25) is 0 Å². The molecule has 28 heavy (non-hydrogen) atoms. The zero-order chi connectivity index (χ0) is 19.8. The first-order valence-corrected chi connectivity index (χ1v) is 8.79. The van der Waals surface area contributed by atoms with Crippen molar-refractivity contribution in [2.75, 3.05) is 5.32 Å². The molecule has 0 atom stereocenters. The topological polar surface area (TPSA) is 100 Å². The van der Waals surface area contributed by atoms with Crippen LogP contribution in [-0.4, -0.2) is 25.8 Å². The van der Waals surface area contributed by atoms with Gasteiger partial charge in [-0.3, -0.25) is 9.59 Å². The number of nitrogens with one attached hydrogen (secondary N) is 2. The summed E-state index contributed by atoms with van der Waals surface area (Å²) in [5, 5.41) is 18.3. The van der Waals surface area contributed by atoms with E-state index in [9.17, 15) is 14.7 Å². The van der Waals surface area contributed by atoms with Crippen molar-refractivity contribution in [2.24, 2.45) is 0 Å². The molecule has 0 spiro atoms. The van der Waals surface area contributed by atoms with Crippen molar-refractivity contribution in [3.8, 4) is 11.4 Å². The van der Waals surface area contributed by atoms with E-state index in [0.29, 0.717) is 16.4 Å². The lowest BCUT2D eigenvalue weighted by atomic mass is 10.1. The molecule has 0 radical (unpaired) electrons. The maximum Gasteiger partial charge on any atom is 0.266 e. The molecule has 2 aromatic carbocycles. The molecule has 0 aliphatic carbocycles. The van der Waals surface area contributed by atoms with Gasteiger partial charge in [-0.1, -0.05) is 29.8 Å². The Morgan fingerprint density at radius 2 is 1.89 bits per heavy atom. The highest BCUT2D eigenvalue weighted by atomic mass is 35.5. The number of aromatic nitrogens is 3. The van der Waals surface area contributed by atoms with Gasteiger partial charge in [0.15, 0.2) is 0 Å². The first-order chi connectivity index (χ1) is 13.5.